The molecule has 5 aliphatic rings. The number of amides is 4. The Kier molecular flexibility index (Phi) is 9.11. The fourth-order valence-electron chi connectivity index (χ4n) is 9.50. The van der Waals surface area contributed by atoms with Crippen molar-refractivity contribution in [2.24, 2.45) is 0 Å². The molecule has 5 aliphatic heterocycles. The highest BCUT2D eigenvalue weighted by Crippen LogP contribution is 2.36. The van der Waals surface area contributed by atoms with Crippen LogP contribution in [-0.2, 0) is 9.59 Å². The Bertz CT molecular complexity index is 2460. The number of rotatable bonds is 7. The van der Waals surface area contributed by atoms with Crippen LogP contribution in [0.5, 0.6) is 0 Å². The van der Waals surface area contributed by atoms with Crippen LogP contribution in [0.4, 0.5) is 21.7 Å². The van der Waals surface area contributed by atoms with Crippen molar-refractivity contribution >= 4 is 46.6 Å². The minimum absolute atomic E-state index is 0.0617. The van der Waals surface area contributed by atoms with Crippen molar-refractivity contribution < 1.29 is 23.6 Å². The van der Waals surface area contributed by atoms with E-state index in [2.05, 4.69) is 36.0 Å². The number of hydrogen-bond acceptors (Lipinski definition) is 11. The second-order valence-corrected chi connectivity index (χ2v) is 15.8. The monoisotopic (exact) mass is 782 g/mol. The fraction of sp³-hybridized carbons (Fsp3) is 0.372. The molecule has 0 bridgehead atoms. The number of imide groups is 2. The SMILES string of the molecule is O=C1CCC(N2C(=O)c3ccc(N4CCC(N5CCN(c6cccc(-c7cnc8ccc(N9CCCC9c9cccc(F)c9)nn78)n6)CC5)CC4)cc3C2=O)C(=O)N1. The summed E-state index contributed by atoms with van der Waals surface area (Å²) in [6.07, 6.45) is 5.95. The number of hydrogen-bond donors (Lipinski definition) is 1. The third-order valence-electron chi connectivity index (χ3n) is 12.5. The molecule has 0 aliphatic carbocycles. The molecule has 8 heterocycles. The Morgan fingerprint density at radius 2 is 1.52 bits per heavy atom. The zero-order valence-electron chi connectivity index (χ0n) is 32.0. The van der Waals surface area contributed by atoms with Gasteiger partial charge in [0.1, 0.15) is 29.2 Å². The molecule has 15 heteroatoms. The number of nitrogens with one attached hydrogen (secondary N) is 1. The number of fused-ring (bicyclic) bond motifs is 2. The van der Waals surface area contributed by atoms with Crippen LogP contribution >= 0.6 is 0 Å². The minimum Gasteiger partial charge on any atom is -0.371 e. The van der Waals surface area contributed by atoms with Crippen LogP contribution in [0.1, 0.15) is 70.8 Å². The van der Waals surface area contributed by atoms with E-state index in [1.54, 1.807) is 24.3 Å². The van der Waals surface area contributed by atoms with Gasteiger partial charge in [0.15, 0.2) is 5.65 Å². The lowest BCUT2D eigenvalue weighted by molar-refractivity contribution is -0.136. The third-order valence-corrected chi connectivity index (χ3v) is 12.5. The largest absolute Gasteiger partial charge is 0.371 e. The molecule has 296 valence electrons. The first kappa shape index (κ1) is 36.1. The molecular weight excluding hydrogens is 740 g/mol. The molecule has 0 saturated carbocycles. The van der Waals surface area contributed by atoms with Crippen LogP contribution in [0, 0.1) is 5.82 Å². The molecule has 0 radical (unpaired) electrons. The topological polar surface area (TPSA) is 140 Å². The van der Waals surface area contributed by atoms with Gasteiger partial charge >= 0.3 is 0 Å². The van der Waals surface area contributed by atoms with E-state index in [1.165, 1.54) is 6.07 Å². The number of pyridine rings is 1. The van der Waals surface area contributed by atoms with Gasteiger partial charge in [-0.1, -0.05) is 18.2 Å². The Morgan fingerprint density at radius 1 is 0.707 bits per heavy atom. The van der Waals surface area contributed by atoms with Gasteiger partial charge < -0.3 is 14.7 Å². The molecule has 10 rings (SSSR count). The lowest BCUT2D eigenvalue weighted by atomic mass is 10.0. The van der Waals surface area contributed by atoms with Crippen molar-refractivity contribution in [1.82, 2.24) is 34.7 Å². The van der Waals surface area contributed by atoms with Crippen LogP contribution in [0.15, 0.2) is 79.0 Å². The molecule has 0 spiro atoms. The molecule has 58 heavy (non-hydrogen) atoms. The third kappa shape index (κ3) is 6.42. The maximum atomic E-state index is 14.1. The molecule has 2 aromatic carbocycles. The van der Waals surface area contributed by atoms with Gasteiger partial charge in [-0.05, 0) is 92.3 Å². The lowest BCUT2D eigenvalue weighted by Crippen LogP contribution is -2.54. The van der Waals surface area contributed by atoms with E-state index in [0.29, 0.717) is 17.2 Å². The predicted molar refractivity (Wildman–Crippen MR) is 214 cm³/mol. The van der Waals surface area contributed by atoms with Crippen molar-refractivity contribution in [1.29, 1.82) is 0 Å². The number of carbonyl (C=O) groups is 4. The van der Waals surface area contributed by atoms with Gasteiger partial charge in [0.25, 0.3) is 11.8 Å². The smallest absolute Gasteiger partial charge is 0.262 e. The summed E-state index contributed by atoms with van der Waals surface area (Å²) < 4.78 is 16.0. The minimum atomic E-state index is -0.975. The molecule has 4 amide bonds. The summed E-state index contributed by atoms with van der Waals surface area (Å²) in [6.45, 7) is 6.04. The quantitative estimate of drug-likeness (QED) is 0.234. The zero-order valence-corrected chi connectivity index (χ0v) is 32.0. The molecule has 2 unspecified atom stereocenters. The van der Waals surface area contributed by atoms with Crippen molar-refractivity contribution in [3.05, 3.63) is 102 Å². The Morgan fingerprint density at radius 3 is 2.33 bits per heavy atom. The summed E-state index contributed by atoms with van der Waals surface area (Å²) >= 11 is 0. The number of carbonyl (C=O) groups excluding carboxylic acids is 4. The van der Waals surface area contributed by atoms with Gasteiger partial charge in [-0.15, -0.1) is 5.10 Å². The normalized spacial score (nSPS) is 22.0. The number of halogens is 1. The number of imidazole rings is 1. The first-order chi connectivity index (χ1) is 28.3. The van der Waals surface area contributed by atoms with Crippen LogP contribution in [0.3, 0.4) is 0 Å². The molecule has 5 aromatic rings. The van der Waals surface area contributed by atoms with Crippen molar-refractivity contribution in [3.8, 4) is 11.4 Å². The molecule has 1 N–H and O–H groups in total. The van der Waals surface area contributed by atoms with Gasteiger partial charge in [-0.25, -0.2) is 18.9 Å². The number of anilines is 3. The van der Waals surface area contributed by atoms with E-state index in [-0.39, 0.29) is 24.7 Å². The van der Waals surface area contributed by atoms with Gasteiger partial charge in [-0.2, -0.15) is 0 Å². The Hall–Kier alpha value is -6.22. The molecule has 3 aromatic heterocycles. The van der Waals surface area contributed by atoms with E-state index in [4.69, 9.17) is 10.1 Å². The number of benzene rings is 2. The molecule has 4 saturated heterocycles. The van der Waals surface area contributed by atoms with Crippen molar-refractivity contribution in [2.75, 3.05) is 60.5 Å². The average molecular weight is 783 g/mol. The van der Waals surface area contributed by atoms with Crippen molar-refractivity contribution in [3.63, 3.8) is 0 Å². The number of piperazine rings is 1. The van der Waals surface area contributed by atoms with E-state index in [9.17, 15) is 23.6 Å². The van der Waals surface area contributed by atoms with Crippen LogP contribution in [0.25, 0.3) is 17.0 Å². The second kappa shape index (κ2) is 14.6. The molecule has 2 atom stereocenters. The van der Waals surface area contributed by atoms with E-state index < -0.39 is 29.7 Å². The standard InChI is InChI=1S/C43H43FN10O4/c44-28-5-1-4-27(24-28)34-7-3-17-52(34)39-13-12-37-45-26-36(54(37)48-39)33-6-2-8-38(46-33)51-22-20-50(21-23-51)29-15-18-49(19-16-29)30-9-10-31-32(25-30)43(58)53(42(31)57)35-11-14-40(55)47-41(35)56/h1-2,4-6,8-10,12-13,24-26,29,34-35H,3,7,11,14-23H2,(H,47,55,56). The number of aromatic nitrogens is 4. The van der Waals surface area contributed by atoms with Gasteiger partial charge in [-0.3, -0.25) is 34.3 Å². The highest BCUT2D eigenvalue weighted by Gasteiger charge is 2.45. The number of piperidine rings is 2. The summed E-state index contributed by atoms with van der Waals surface area (Å²) in [5.74, 6) is -0.447. The summed E-state index contributed by atoms with van der Waals surface area (Å²) in [5, 5.41) is 7.29. The lowest BCUT2D eigenvalue weighted by Gasteiger charge is -2.43. The van der Waals surface area contributed by atoms with Gasteiger partial charge in [0.2, 0.25) is 11.8 Å². The summed E-state index contributed by atoms with van der Waals surface area (Å²) in [4.78, 5) is 70.9. The van der Waals surface area contributed by atoms with Crippen LogP contribution in [0.2, 0.25) is 0 Å². The summed E-state index contributed by atoms with van der Waals surface area (Å²) in [5.41, 5.74) is 4.81. The Balaban J connectivity index is 0.770. The average Bonchev–Trinajstić information content (AvgIpc) is 3.98. The highest BCUT2D eigenvalue weighted by molar-refractivity contribution is 6.23. The Labute approximate surface area is 334 Å². The van der Waals surface area contributed by atoms with Gasteiger partial charge in [0.05, 0.1) is 29.1 Å². The first-order valence-corrected chi connectivity index (χ1v) is 20.2. The van der Waals surface area contributed by atoms with Crippen LogP contribution in [-0.4, -0.2) is 111 Å². The maximum absolute atomic E-state index is 14.1. The van der Waals surface area contributed by atoms with Crippen LogP contribution < -0.4 is 20.0 Å². The van der Waals surface area contributed by atoms with E-state index in [0.717, 1.165) is 116 Å². The van der Waals surface area contributed by atoms with E-state index in [1.807, 2.05) is 47.1 Å². The predicted octanol–water partition coefficient (Wildman–Crippen LogP) is 4.46. The fourth-order valence-corrected chi connectivity index (χ4v) is 9.50. The molecule has 14 nitrogen and oxygen atoms in total. The van der Waals surface area contributed by atoms with E-state index >= 15 is 0 Å². The molecular formula is C43H43FN10O4. The number of nitrogens with zero attached hydrogens (tertiary/aromatic N) is 9. The summed E-state index contributed by atoms with van der Waals surface area (Å²) in [7, 11) is 0. The molecule has 4 fully saturated rings. The highest BCUT2D eigenvalue weighted by atomic mass is 19.1. The van der Waals surface area contributed by atoms with Gasteiger partial charge in [0, 0.05) is 64.0 Å². The zero-order chi connectivity index (χ0) is 39.5. The van der Waals surface area contributed by atoms with Crippen molar-refractivity contribution in [2.45, 2.75) is 56.7 Å². The summed E-state index contributed by atoms with van der Waals surface area (Å²) in [6, 6.07) is 21.8. The first-order valence-electron chi connectivity index (χ1n) is 20.2. The maximum Gasteiger partial charge on any atom is 0.262 e. The second-order valence-electron chi connectivity index (χ2n) is 15.8.